The molecule has 0 rings (SSSR count). The van der Waals surface area contributed by atoms with Crippen LogP contribution in [-0.2, 0) is 24.0 Å². The van der Waals surface area contributed by atoms with Gasteiger partial charge in [-0.3, -0.25) is 19.2 Å². The van der Waals surface area contributed by atoms with Crippen molar-refractivity contribution in [3.05, 3.63) is 0 Å². The number of nitrogens with one attached hydrogen (secondary N) is 3. The van der Waals surface area contributed by atoms with Crippen molar-refractivity contribution in [3.8, 4) is 0 Å². The van der Waals surface area contributed by atoms with Crippen LogP contribution in [0.1, 0.15) is 47.0 Å². The van der Waals surface area contributed by atoms with E-state index in [1.165, 1.54) is 0 Å². The van der Waals surface area contributed by atoms with Crippen LogP contribution < -0.4 is 27.4 Å². The Kier molecular flexibility index (Phi) is 12.8. The lowest BCUT2D eigenvalue weighted by molar-refractivity contribution is -0.144. The van der Waals surface area contributed by atoms with Crippen LogP contribution in [0.2, 0.25) is 0 Å². The smallest absolute Gasteiger partial charge is 0.326 e. The molecule has 0 saturated carbocycles. The molecular formula is C19H35N5O6S. The molecule has 12 heteroatoms. The highest BCUT2D eigenvalue weighted by Crippen LogP contribution is 2.10. The Balaban J connectivity index is 5.37. The van der Waals surface area contributed by atoms with Crippen LogP contribution in [0.3, 0.4) is 0 Å². The number of nitrogens with two attached hydrogens (primary N) is 2. The second kappa shape index (κ2) is 13.9. The number of aliphatic carboxylic acids is 1. The summed E-state index contributed by atoms with van der Waals surface area (Å²) in [5.74, 6) is -4.79. The minimum Gasteiger partial charge on any atom is -0.480 e. The van der Waals surface area contributed by atoms with E-state index in [2.05, 4.69) is 28.6 Å². The van der Waals surface area contributed by atoms with Crippen LogP contribution in [-0.4, -0.2) is 64.6 Å². The van der Waals surface area contributed by atoms with Gasteiger partial charge < -0.3 is 32.5 Å². The molecular weight excluding hydrogens is 426 g/mol. The lowest BCUT2D eigenvalue weighted by atomic mass is 9.97. The summed E-state index contributed by atoms with van der Waals surface area (Å²) in [6.45, 7) is 7.19. The molecule has 0 aromatic carbocycles. The van der Waals surface area contributed by atoms with E-state index >= 15 is 0 Å². The summed E-state index contributed by atoms with van der Waals surface area (Å²) in [5.41, 5.74) is 10.9. The van der Waals surface area contributed by atoms with Crippen LogP contribution >= 0.6 is 12.6 Å². The number of carbonyl (C=O) groups is 5. The third-order valence-electron chi connectivity index (χ3n) is 5.19. The topological polar surface area (TPSA) is 194 Å². The number of hydrogen-bond acceptors (Lipinski definition) is 7. The normalized spacial score (nSPS) is 16.7. The summed E-state index contributed by atoms with van der Waals surface area (Å²) in [6.07, 6.45) is 0.576. The van der Waals surface area contributed by atoms with E-state index in [0.717, 1.165) is 0 Å². The molecule has 0 aliphatic heterocycles. The summed E-state index contributed by atoms with van der Waals surface area (Å²) in [7, 11) is 0. The number of carboxylic acid groups (broad SMARTS) is 1. The van der Waals surface area contributed by atoms with Gasteiger partial charge >= 0.3 is 5.97 Å². The number of carboxylic acids is 1. The zero-order valence-corrected chi connectivity index (χ0v) is 19.3. The van der Waals surface area contributed by atoms with E-state index in [4.69, 9.17) is 11.5 Å². The first-order valence-electron chi connectivity index (χ1n) is 10.2. The number of hydrogen-bond donors (Lipinski definition) is 7. The fraction of sp³-hybridized carbons (Fsp3) is 0.737. The van der Waals surface area contributed by atoms with Crippen LogP contribution in [0.25, 0.3) is 0 Å². The van der Waals surface area contributed by atoms with Gasteiger partial charge in [0, 0.05) is 5.75 Å². The van der Waals surface area contributed by atoms with Crippen LogP contribution in [0, 0.1) is 11.8 Å². The lowest BCUT2D eigenvalue weighted by Crippen LogP contribution is -2.59. The summed E-state index contributed by atoms with van der Waals surface area (Å²) < 4.78 is 0. The summed E-state index contributed by atoms with van der Waals surface area (Å²) >= 11 is 4.10. The minimum atomic E-state index is -1.53. The minimum absolute atomic E-state index is 0.0426. The third-order valence-corrected chi connectivity index (χ3v) is 5.55. The Morgan fingerprint density at radius 1 is 0.871 bits per heavy atom. The van der Waals surface area contributed by atoms with E-state index in [1.54, 1.807) is 13.8 Å². The SMILES string of the molecule is CCC(C)C(N)C(=O)NC(CS)C(=O)NC(C(=O)NC(CC(N)=O)C(=O)O)C(C)CC. The predicted octanol–water partition coefficient (Wildman–Crippen LogP) is -1.25. The molecule has 6 unspecified atom stereocenters. The average Bonchev–Trinajstić information content (AvgIpc) is 2.72. The Morgan fingerprint density at radius 3 is 1.81 bits per heavy atom. The Labute approximate surface area is 187 Å². The molecule has 8 N–H and O–H groups in total. The first kappa shape index (κ1) is 28.7. The van der Waals surface area contributed by atoms with Gasteiger partial charge in [0.1, 0.15) is 18.1 Å². The molecule has 178 valence electrons. The molecule has 11 nitrogen and oxygen atoms in total. The number of rotatable bonds is 14. The number of carbonyl (C=O) groups excluding carboxylic acids is 4. The molecule has 4 amide bonds. The zero-order chi connectivity index (χ0) is 24.3. The van der Waals surface area contributed by atoms with Gasteiger partial charge in [0.25, 0.3) is 0 Å². The monoisotopic (exact) mass is 461 g/mol. The average molecular weight is 462 g/mol. The Bertz CT molecular complexity index is 662. The van der Waals surface area contributed by atoms with Crippen molar-refractivity contribution in [3.63, 3.8) is 0 Å². The lowest BCUT2D eigenvalue weighted by Gasteiger charge is -2.28. The van der Waals surface area contributed by atoms with Gasteiger partial charge in [-0.05, 0) is 11.8 Å². The molecule has 0 aliphatic rings. The van der Waals surface area contributed by atoms with Crippen molar-refractivity contribution < 1.29 is 29.1 Å². The highest BCUT2D eigenvalue weighted by molar-refractivity contribution is 7.80. The van der Waals surface area contributed by atoms with Gasteiger partial charge in [0.2, 0.25) is 23.6 Å². The molecule has 0 aliphatic carbocycles. The molecule has 0 radical (unpaired) electrons. The van der Waals surface area contributed by atoms with Gasteiger partial charge in [-0.15, -0.1) is 0 Å². The van der Waals surface area contributed by atoms with Crippen molar-refractivity contribution in [1.82, 2.24) is 16.0 Å². The molecule has 0 saturated heterocycles. The second-order valence-electron chi connectivity index (χ2n) is 7.60. The second-order valence-corrected chi connectivity index (χ2v) is 7.96. The van der Waals surface area contributed by atoms with E-state index in [0.29, 0.717) is 12.8 Å². The predicted molar refractivity (Wildman–Crippen MR) is 118 cm³/mol. The number of primary amides is 1. The van der Waals surface area contributed by atoms with Crippen molar-refractivity contribution in [1.29, 1.82) is 0 Å². The number of amides is 4. The van der Waals surface area contributed by atoms with Crippen LogP contribution in [0.15, 0.2) is 0 Å². The molecule has 0 aromatic heterocycles. The zero-order valence-electron chi connectivity index (χ0n) is 18.4. The first-order chi connectivity index (χ1) is 14.4. The highest BCUT2D eigenvalue weighted by atomic mass is 32.1. The van der Waals surface area contributed by atoms with Crippen molar-refractivity contribution in [2.75, 3.05) is 5.75 Å². The highest BCUT2D eigenvalue weighted by Gasteiger charge is 2.33. The third kappa shape index (κ3) is 9.55. The van der Waals surface area contributed by atoms with E-state index in [9.17, 15) is 29.1 Å². The van der Waals surface area contributed by atoms with Crippen LogP contribution in [0.5, 0.6) is 0 Å². The maximum atomic E-state index is 12.7. The van der Waals surface area contributed by atoms with Gasteiger partial charge in [0.05, 0.1) is 12.5 Å². The molecule has 31 heavy (non-hydrogen) atoms. The Hall–Kier alpha value is -2.34. The maximum absolute atomic E-state index is 12.7. The largest absolute Gasteiger partial charge is 0.480 e. The molecule has 0 bridgehead atoms. The van der Waals surface area contributed by atoms with Gasteiger partial charge in [-0.25, -0.2) is 4.79 Å². The standard InChI is InChI=1S/C19H35N5O6S/c1-5-9(3)14(21)17(27)23-12(8-31)16(26)24-15(10(4)6-2)18(28)22-11(19(29)30)7-13(20)25/h9-12,14-15,31H,5-8,21H2,1-4H3,(H2,20,25)(H,22,28)(H,23,27)(H,24,26)(H,29,30). The Morgan fingerprint density at radius 2 is 1.39 bits per heavy atom. The maximum Gasteiger partial charge on any atom is 0.326 e. The van der Waals surface area contributed by atoms with Crippen molar-refractivity contribution in [2.24, 2.45) is 23.3 Å². The van der Waals surface area contributed by atoms with Gasteiger partial charge in [0.15, 0.2) is 0 Å². The van der Waals surface area contributed by atoms with E-state index in [-0.39, 0.29) is 17.6 Å². The van der Waals surface area contributed by atoms with Gasteiger partial charge in [-0.1, -0.05) is 40.5 Å². The van der Waals surface area contributed by atoms with Crippen molar-refractivity contribution >= 4 is 42.2 Å². The summed E-state index contributed by atoms with van der Waals surface area (Å²) in [5, 5.41) is 16.5. The fourth-order valence-corrected chi connectivity index (χ4v) is 2.85. The molecule has 0 fully saturated rings. The number of thiol groups is 1. The molecule has 0 spiro atoms. The first-order valence-corrected chi connectivity index (χ1v) is 10.8. The molecule has 6 atom stereocenters. The van der Waals surface area contributed by atoms with E-state index < -0.39 is 60.2 Å². The quantitative estimate of drug-likeness (QED) is 0.157. The fourth-order valence-electron chi connectivity index (χ4n) is 2.59. The molecule has 0 heterocycles. The van der Waals surface area contributed by atoms with Crippen LogP contribution in [0.4, 0.5) is 0 Å². The van der Waals surface area contributed by atoms with Crippen molar-refractivity contribution in [2.45, 2.75) is 71.1 Å². The summed E-state index contributed by atoms with van der Waals surface area (Å²) in [4.78, 5) is 60.1. The summed E-state index contributed by atoms with van der Waals surface area (Å²) in [6, 6.07) is -4.48. The molecule has 0 aromatic rings. The van der Waals surface area contributed by atoms with E-state index in [1.807, 2.05) is 13.8 Å². The van der Waals surface area contributed by atoms with Gasteiger partial charge in [-0.2, -0.15) is 12.6 Å².